The number of piperidine rings is 2. The number of hydrogen-bond donors (Lipinski definition) is 1. The molecule has 2 aliphatic rings. The Morgan fingerprint density at radius 2 is 2.25 bits per heavy atom. The molecule has 5 heteroatoms. The minimum Gasteiger partial charge on any atom is -0.337 e. The largest absolute Gasteiger partial charge is 0.337 e. The van der Waals surface area contributed by atoms with Crippen LogP contribution in [0.2, 0.25) is 0 Å². The molecule has 1 aromatic heterocycles. The lowest BCUT2D eigenvalue weighted by Crippen LogP contribution is -2.52. The number of likely N-dealkylation sites (tertiary alicyclic amines) is 1. The fourth-order valence-electron chi connectivity index (χ4n) is 3.48. The van der Waals surface area contributed by atoms with E-state index in [0.29, 0.717) is 5.41 Å². The van der Waals surface area contributed by atoms with E-state index in [4.69, 9.17) is 0 Å². The predicted molar refractivity (Wildman–Crippen MR) is 86.4 cm³/mol. The van der Waals surface area contributed by atoms with Crippen molar-refractivity contribution in [3.63, 3.8) is 0 Å². The van der Waals surface area contributed by atoms with E-state index >= 15 is 0 Å². The molecule has 3 rings (SSSR count). The SMILES string of the molecule is Cc1cc(C(=O)N2CCCC3(CCCNC3)C2)sc1Br. The highest BCUT2D eigenvalue weighted by Gasteiger charge is 2.38. The highest BCUT2D eigenvalue weighted by molar-refractivity contribution is 9.11. The van der Waals surface area contributed by atoms with E-state index in [2.05, 4.69) is 26.1 Å². The fraction of sp³-hybridized carbons (Fsp3) is 0.667. The number of halogens is 1. The molecule has 1 N–H and O–H groups in total. The van der Waals surface area contributed by atoms with Crippen LogP contribution in [0.4, 0.5) is 0 Å². The van der Waals surface area contributed by atoms with Crippen molar-refractivity contribution in [3.8, 4) is 0 Å². The van der Waals surface area contributed by atoms with Crippen LogP contribution in [0.3, 0.4) is 0 Å². The molecule has 2 saturated heterocycles. The van der Waals surface area contributed by atoms with Gasteiger partial charge in [-0.25, -0.2) is 0 Å². The van der Waals surface area contributed by atoms with Crippen LogP contribution in [0.1, 0.15) is 40.9 Å². The van der Waals surface area contributed by atoms with Crippen LogP contribution in [-0.2, 0) is 0 Å². The molecule has 1 atom stereocenters. The van der Waals surface area contributed by atoms with Crippen molar-refractivity contribution in [2.45, 2.75) is 32.6 Å². The average Bonchev–Trinajstić information content (AvgIpc) is 2.79. The van der Waals surface area contributed by atoms with Gasteiger partial charge in [-0.1, -0.05) is 0 Å². The molecule has 1 unspecified atom stereocenters. The molecule has 1 aromatic rings. The summed E-state index contributed by atoms with van der Waals surface area (Å²) < 4.78 is 1.08. The third-order valence-electron chi connectivity index (χ3n) is 4.58. The van der Waals surface area contributed by atoms with Crippen molar-refractivity contribution in [1.29, 1.82) is 0 Å². The van der Waals surface area contributed by atoms with Crippen LogP contribution in [0, 0.1) is 12.3 Å². The van der Waals surface area contributed by atoms with Crippen molar-refractivity contribution >= 4 is 33.2 Å². The van der Waals surface area contributed by atoms with Gasteiger partial charge in [-0.15, -0.1) is 11.3 Å². The second-order valence-electron chi connectivity index (χ2n) is 6.18. The number of carbonyl (C=O) groups is 1. The molecular weight excluding hydrogens is 336 g/mol. The Morgan fingerprint density at radius 3 is 2.90 bits per heavy atom. The van der Waals surface area contributed by atoms with Crippen molar-refractivity contribution in [2.75, 3.05) is 26.2 Å². The Labute approximate surface area is 132 Å². The minimum absolute atomic E-state index is 0.216. The van der Waals surface area contributed by atoms with Crippen molar-refractivity contribution in [3.05, 3.63) is 20.3 Å². The summed E-state index contributed by atoms with van der Waals surface area (Å²) in [5.74, 6) is 0.216. The lowest BCUT2D eigenvalue weighted by molar-refractivity contribution is 0.0438. The quantitative estimate of drug-likeness (QED) is 0.835. The van der Waals surface area contributed by atoms with Gasteiger partial charge >= 0.3 is 0 Å². The van der Waals surface area contributed by atoms with Gasteiger partial charge in [-0.2, -0.15) is 0 Å². The molecule has 1 amide bonds. The first-order valence-corrected chi connectivity index (χ1v) is 8.97. The summed E-state index contributed by atoms with van der Waals surface area (Å²) in [4.78, 5) is 15.6. The third-order valence-corrected chi connectivity index (χ3v) is 6.70. The van der Waals surface area contributed by atoms with E-state index in [9.17, 15) is 4.79 Å². The van der Waals surface area contributed by atoms with E-state index < -0.39 is 0 Å². The lowest BCUT2D eigenvalue weighted by Gasteiger charge is -2.45. The number of nitrogens with zero attached hydrogens (tertiary/aromatic N) is 1. The minimum atomic E-state index is 0.216. The van der Waals surface area contributed by atoms with Gasteiger partial charge in [0.1, 0.15) is 0 Å². The fourth-order valence-corrected chi connectivity index (χ4v) is 4.98. The standard InChI is InChI=1S/C15H21BrN2OS/c1-11-8-12(20-13(11)16)14(19)18-7-3-5-15(10-18)4-2-6-17-9-15/h8,17H,2-7,9-10H2,1H3. The van der Waals surface area contributed by atoms with E-state index in [1.54, 1.807) is 11.3 Å². The van der Waals surface area contributed by atoms with E-state index in [1.165, 1.54) is 19.3 Å². The number of carbonyl (C=O) groups excluding carboxylic acids is 1. The molecule has 2 aliphatic heterocycles. The summed E-state index contributed by atoms with van der Waals surface area (Å²) in [5, 5.41) is 3.51. The molecule has 0 saturated carbocycles. The zero-order valence-electron chi connectivity index (χ0n) is 11.9. The smallest absolute Gasteiger partial charge is 0.263 e. The molecular formula is C15H21BrN2OS. The maximum absolute atomic E-state index is 12.7. The first-order valence-electron chi connectivity index (χ1n) is 7.36. The highest BCUT2D eigenvalue weighted by atomic mass is 79.9. The number of nitrogens with one attached hydrogen (secondary N) is 1. The van der Waals surface area contributed by atoms with Gasteiger partial charge in [-0.3, -0.25) is 4.79 Å². The van der Waals surface area contributed by atoms with Gasteiger partial charge in [0, 0.05) is 25.0 Å². The predicted octanol–water partition coefficient (Wildman–Crippen LogP) is 3.42. The summed E-state index contributed by atoms with van der Waals surface area (Å²) in [5.41, 5.74) is 1.49. The van der Waals surface area contributed by atoms with Crippen LogP contribution in [0.15, 0.2) is 9.85 Å². The first kappa shape index (κ1) is 14.5. The molecule has 0 aromatic carbocycles. The number of aryl methyl sites for hydroxylation is 1. The Kier molecular flexibility index (Phi) is 4.20. The van der Waals surface area contributed by atoms with Gasteiger partial charge < -0.3 is 10.2 Å². The molecule has 0 radical (unpaired) electrons. The Hall–Kier alpha value is -0.390. The molecule has 0 bridgehead atoms. The van der Waals surface area contributed by atoms with Crippen LogP contribution in [0.5, 0.6) is 0 Å². The highest BCUT2D eigenvalue weighted by Crippen LogP contribution is 2.37. The monoisotopic (exact) mass is 356 g/mol. The van der Waals surface area contributed by atoms with Crippen LogP contribution < -0.4 is 5.32 Å². The summed E-state index contributed by atoms with van der Waals surface area (Å²) in [6, 6.07) is 2.01. The second kappa shape index (κ2) is 5.78. The molecule has 3 heterocycles. The van der Waals surface area contributed by atoms with Gasteiger partial charge in [0.05, 0.1) is 8.66 Å². The molecule has 3 nitrogen and oxygen atoms in total. The number of amides is 1. The third kappa shape index (κ3) is 2.81. The van der Waals surface area contributed by atoms with E-state index in [0.717, 1.165) is 46.8 Å². The van der Waals surface area contributed by atoms with Gasteiger partial charge in [0.25, 0.3) is 5.91 Å². The normalized spacial score (nSPS) is 27.0. The molecule has 1 spiro atoms. The summed E-state index contributed by atoms with van der Waals surface area (Å²) >= 11 is 5.08. The number of rotatable bonds is 1. The first-order chi connectivity index (χ1) is 9.60. The average molecular weight is 357 g/mol. The number of thiophene rings is 1. The summed E-state index contributed by atoms with van der Waals surface area (Å²) in [6.45, 7) is 6.08. The zero-order chi connectivity index (χ0) is 14.2. The van der Waals surface area contributed by atoms with E-state index in [-0.39, 0.29) is 5.91 Å². The Balaban J connectivity index is 1.74. The van der Waals surface area contributed by atoms with Crippen molar-refractivity contribution < 1.29 is 4.79 Å². The summed E-state index contributed by atoms with van der Waals surface area (Å²) in [7, 11) is 0. The van der Waals surface area contributed by atoms with Crippen molar-refractivity contribution in [2.24, 2.45) is 5.41 Å². The Bertz CT molecular complexity index is 483. The van der Waals surface area contributed by atoms with Crippen LogP contribution in [0.25, 0.3) is 0 Å². The topological polar surface area (TPSA) is 32.3 Å². The van der Waals surface area contributed by atoms with Crippen LogP contribution >= 0.6 is 27.3 Å². The van der Waals surface area contributed by atoms with Gasteiger partial charge in [0.15, 0.2) is 0 Å². The lowest BCUT2D eigenvalue weighted by atomic mass is 9.74. The van der Waals surface area contributed by atoms with Gasteiger partial charge in [0.2, 0.25) is 0 Å². The number of hydrogen-bond acceptors (Lipinski definition) is 3. The van der Waals surface area contributed by atoms with Gasteiger partial charge in [-0.05, 0) is 66.7 Å². The zero-order valence-corrected chi connectivity index (χ0v) is 14.3. The molecule has 110 valence electrons. The maximum Gasteiger partial charge on any atom is 0.263 e. The maximum atomic E-state index is 12.7. The Morgan fingerprint density at radius 1 is 1.45 bits per heavy atom. The molecule has 0 aliphatic carbocycles. The summed E-state index contributed by atoms with van der Waals surface area (Å²) in [6.07, 6.45) is 4.90. The molecule has 2 fully saturated rings. The van der Waals surface area contributed by atoms with Crippen LogP contribution in [-0.4, -0.2) is 37.0 Å². The van der Waals surface area contributed by atoms with Crippen molar-refractivity contribution in [1.82, 2.24) is 10.2 Å². The second-order valence-corrected chi connectivity index (χ2v) is 8.55. The molecule has 20 heavy (non-hydrogen) atoms. The van der Waals surface area contributed by atoms with E-state index in [1.807, 2.05) is 13.0 Å².